The van der Waals surface area contributed by atoms with Crippen molar-refractivity contribution in [3.05, 3.63) is 64.7 Å². The van der Waals surface area contributed by atoms with Crippen molar-refractivity contribution < 1.29 is 24.2 Å². The van der Waals surface area contributed by atoms with E-state index >= 15 is 0 Å². The molecule has 6 heteroatoms. The summed E-state index contributed by atoms with van der Waals surface area (Å²) in [6.07, 6.45) is 0. The van der Waals surface area contributed by atoms with Gasteiger partial charge >= 0.3 is 5.97 Å². The van der Waals surface area contributed by atoms with Crippen molar-refractivity contribution in [2.75, 3.05) is 7.11 Å². The minimum absolute atomic E-state index is 0.204. The topological polar surface area (TPSA) is 99.5 Å². The van der Waals surface area contributed by atoms with Crippen LogP contribution < -0.4 is 9.84 Å². The second-order valence-electron chi connectivity index (χ2n) is 5.64. The summed E-state index contributed by atoms with van der Waals surface area (Å²) in [5.74, 6) is -3.76. The number of hydrogen-bond acceptors (Lipinski definition) is 6. The summed E-state index contributed by atoms with van der Waals surface area (Å²) in [6.45, 7) is 0.204. The van der Waals surface area contributed by atoms with E-state index in [2.05, 4.69) is 0 Å². The number of benzene rings is 2. The molecule has 0 aromatic heterocycles. The second kappa shape index (κ2) is 6.65. The van der Waals surface area contributed by atoms with Crippen molar-refractivity contribution in [2.45, 2.75) is 12.5 Å². The zero-order valence-corrected chi connectivity index (χ0v) is 13.4. The minimum Gasteiger partial charge on any atom is -0.549 e. The maximum absolute atomic E-state index is 11.7. The minimum atomic E-state index is -1.45. The molecule has 1 aliphatic heterocycles. The van der Waals surface area contributed by atoms with Crippen molar-refractivity contribution in [3.63, 3.8) is 0 Å². The van der Waals surface area contributed by atoms with Crippen molar-refractivity contribution in [1.82, 2.24) is 0 Å². The number of ether oxygens (including phenoxy) is 2. The van der Waals surface area contributed by atoms with Crippen LogP contribution in [0.1, 0.15) is 33.0 Å². The van der Waals surface area contributed by atoms with Crippen LogP contribution >= 0.6 is 0 Å². The molecule has 1 aliphatic rings. The van der Waals surface area contributed by atoms with Crippen LogP contribution in [0, 0.1) is 17.2 Å². The summed E-state index contributed by atoms with van der Waals surface area (Å²) in [6, 6.07) is 13.6. The molecule has 0 amide bonds. The number of methoxy groups -OCH3 is 1. The number of nitrogens with zero attached hydrogens (tertiary/aromatic N) is 1. The van der Waals surface area contributed by atoms with Gasteiger partial charge in [-0.1, -0.05) is 30.3 Å². The van der Waals surface area contributed by atoms with Gasteiger partial charge in [-0.05, 0) is 23.3 Å². The smallest absolute Gasteiger partial charge is 0.337 e. The highest BCUT2D eigenvalue weighted by molar-refractivity contribution is 5.90. The molecule has 0 bridgehead atoms. The number of carboxylic acids is 1. The van der Waals surface area contributed by atoms with E-state index in [1.807, 2.05) is 18.2 Å². The monoisotopic (exact) mass is 336 g/mol. The number of carbonyl (C=O) groups is 2. The zero-order chi connectivity index (χ0) is 18.0. The molecule has 0 aliphatic carbocycles. The second-order valence-corrected chi connectivity index (χ2v) is 5.64. The van der Waals surface area contributed by atoms with E-state index in [1.54, 1.807) is 18.2 Å². The summed E-state index contributed by atoms with van der Waals surface area (Å²) in [4.78, 5) is 23.3. The van der Waals surface area contributed by atoms with Crippen LogP contribution in [0.5, 0.6) is 5.75 Å². The number of hydrogen-bond donors (Lipinski definition) is 0. The van der Waals surface area contributed by atoms with Gasteiger partial charge in [0.15, 0.2) is 0 Å². The Kier molecular flexibility index (Phi) is 4.40. The third-order valence-electron chi connectivity index (χ3n) is 4.27. The number of aliphatic carboxylic acids is 1. The zero-order valence-electron chi connectivity index (χ0n) is 13.4. The van der Waals surface area contributed by atoms with E-state index in [0.29, 0.717) is 16.9 Å². The molecule has 1 heterocycles. The van der Waals surface area contributed by atoms with Gasteiger partial charge in [0, 0.05) is 11.5 Å². The Labute approximate surface area is 144 Å². The Bertz CT molecular complexity index is 884. The molecule has 2 atom stereocenters. The fourth-order valence-electron chi connectivity index (χ4n) is 3.08. The van der Waals surface area contributed by atoms with E-state index < -0.39 is 23.8 Å². The van der Waals surface area contributed by atoms with Crippen LogP contribution in [0.25, 0.3) is 0 Å². The van der Waals surface area contributed by atoms with E-state index in [4.69, 9.17) is 9.47 Å². The molecule has 2 aromatic carbocycles. The molecule has 3 rings (SSSR count). The fraction of sp³-hybridized carbons (Fsp3) is 0.211. The van der Waals surface area contributed by atoms with Crippen LogP contribution in [0.4, 0.5) is 0 Å². The van der Waals surface area contributed by atoms with Crippen LogP contribution in [0.3, 0.4) is 0 Å². The molecule has 0 spiro atoms. The van der Waals surface area contributed by atoms with Crippen molar-refractivity contribution in [3.8, 4) is 11.8 Å². The lowest BCUT2D eigenvalue weighted by Crippen LogP contribution is -2.34. The Morgan fingerprint density at radius 3 is 2.72 bits per heavy atom. The Morgan fingerprint density at radius 2 is 2.04 bits per heavy atom. The summed E-state index contributed by atoms with van der Waals surface area (Å²) >= 11 is 0. The fourth-order valence-corrected chi connectivity index (χ4v) is 3.08. The maximum atomic E-state index is 11.7. The average Bonchev–Trinajstić information content (AvgIpc) is 2.79. The van der Waals surface area contributed by atoms with E-state index in [-0.39, 0.29) is 12.2 Å². The number of carboxylic acid groups (broad SMARTS) is 1. The Balaban J connectivity index is 2.21. The van der Waals surface area contributed by atoms with Crippen LogP contribution in [0.15, 0.2) is 42.5 Å². The van der Waals surface area contributed by atoms with Gasteiger partial charge in [0.25, 0.3) is 0 Å². The molecular weight excluding hydrogens is 322 g/mol. The first-order valence-electron chi connectivity index (χ1n) is 7.60. The molecule has 126 valence electrons. The van der Waals surface area contributed by atoms with Crippen molar-refractivity contribution in [2.24, 2.45) is 5.92 Å². The molecule has 0 saturated heterocycles. The highest BCUT2D eigenvalue weighted by atomic mass is 16.5. The maximum Gasteiger partial charge on any atom is 0.337 e. The molecule has 0 fully saturated rings. The summed E-state index contributed by atoms with van der Waals surface area (Å²) < 4.78 is 10.5. The predicted octanol–water partition coefficient (Wildman–Crippen LogP) is 1.39. The summed E-state index contributed by atoms with van der Waals surface area (Å²) in [7, 11) is 1.27. The SMILES string of the molecule is COC(=O)c1ccc2c(c1)OCc1ccccc1C2C(C#N)C(=O)[O-]. The van der Waals surface area contributed by atoms with Gasteiger partial charge in [0.05, 0.1) is 30.6 Å². The standard InChI is InChI=1S/C19H15NO5/c1-24-19(23)11-6-7-14-16(8-11)25-10-12-4-2-3-5-13(12)17(14)15(9-20)18(21)22/h2-8,15,17H,10H2,1H3,(H,21,22)/p-1. The van der Waals surface area contributed by atoms with Gasteiger partial charge in [0.2, 0.25) is 0 Å². The molecule has 2 aromatic rings. The highest BCUT2D eigenvalue weighted by Crippen LogP contribution is 2.42. The molecule has 6 nitrogen and oxygen atoms in total. The average molecular weight is 336 g/mol. The normalized spacial score (nSPS) is 16.2. The van der Waals surface area contributed by atoms with Gasteiger partial charge in [-0.2, -0.15) is 5.26 Å². The molecular formula is C19H14NO5-. The lowest BCUT2D eigenvalue weighted by atomic mass is 9.79. The lowest BCUT2D eigenvalue weighted by Gasteiger charge is -2.24. The largest absolute Gasteiger partial charge is 0.549 e. The number of rotatable bonds is 3. The lowest BCUT2D eigenvalue weighted by molar-refractivity contribution is -0.309. The third-order valence-corrected chi connectivity index (χ3v) is 4.27. The third kappa shape index (κ3) is 2.92. The van der Waals surface area contributed by atoms with Gasteiger partial charge in [-0.3, -0.25) is 0 Å². The van der Waals surface area contributed by atoms with Gasteiger partial charge in [-0.25, -0.2) is 4.79 Å². The van der Waals surface area contributed by atoms with Gasteiger partial charge in [0.1, 0.15) is 12.4 Å². The van der Waals surface area contributed by atoms with Crippen LogP contribution in [-0.2, 0) is 16.1 Å². The first-order valence-corrected chi connectivity index (χ1v) is 7.60. The first kappa shape index (κ1) is 16.5. The predicted molar refractivity (Wildman–Crippen MR) is 84.5 cm³/mol. The van der Waals surface area contributed by atoms with Crippen molar-refractivity contribution >= 4 is 11.9 Å². The van der Waals surface area contributed by atoms with E-state index in [0.717, 1.165) is 5.56 Å². The van der Waals surface area contributed by atoms with Crippen LogP contribution in [-0.4, -0.2) is 19.0 Å². The molecule has 2 unspecified atom stereocenters. The van der Waals surface area contributed by atoms with E-state index in [1.165, 1.54) is 19.2 Å². The highest BCUT2D eigenvalue weighted by Gasteiger charge is 2.32. The van der Waals surface area contributed by atoms with Crippen molar-refractivity contribution in [1.29, 1.82) is 5.26 Å². The molecule has 0 N–H and O–H groups in total. The summed E-state index contributed by atoms with van der Waals surface area (Å²) in [5, 5.41) is 20.9. The Hall–Kier alpha value is -3.33. The number of nitriles is 1. The molecule has 0 saturated carbocycles. The van der Waals surface area contributed by atoms with Gasteiger partial charge in [-0.15, -0.1) is 0 Å². The number of carbonyl (C=O) groups excluding carboxylic acids is 2. The quantitative estimate of drug-likeness (QED) is 0.785. The van der Waals surface area contributed by atoms with Gasteiger partial charge < -0.3 is 19.4 Å². The number of fused-ring (bicyclic) bond motifs is 2. The van der Waals surface area contributed by atoms with Crippen LogP contribution in [0.2, 0.25) is 0 Å². The molecule has 0 radical (unpaired) electrons. The first-order chi connectivity index (χ1) is 12.1. The summed E-state index contributed by atoms with van der Waals surface area (Å²) in [5.41, 5.74) is 2.29. The van der Waals surface area contributed by atoms with E-state index in [9.17, 15) is 20.0 Å². The number of esters is 1. The molecule has 25 heavy (non-hydrogen) atoms. The Morgan fingerprint density at radius 1 is 1.28 bits per heavy atom.